The normalized spacial score (nSPS) is 34.5. The van der Waals surface area contributed by atoms with Crippen LogP contribution in [0.4, 0.5) is 18.9 Å². The van der Waals surface area contributed by atoms with Gasteiger partial charge in [-0.05, 0) is 80.5 Å². The lowest BCUT2D eigenvalue weighted by Gasteiger charge is -2.56. The van der Waals surface area contributed by atoms with Crippen molar-refractivity contribution in [3.8, 4) is 0 Å². The minimum Gasteiger partial charge on any atom is -0.383 e. The largest absolute Gasteiger partial charge is 0.416 e. The van der Waals surface area contributed by atoms with Crippen LogP contribution < -0.4 is 5.32 Å². The summed E-state index contributed by atoms with van der Waals surface area (Å²) in [6, 6.07) is 5.19. The second kappa shape index (κ2) is 5.94. The molecule has 0 radical (unpaired) electrons. The molecule has 4 saturated carbocycles. The number of alkyl halides is 3. The molecule has 0 atom stereocenters. The van der Waals surface area contributed by atoms with Gasteiger partial charge in [-0.15, -0.1) is 0 Å². The molecule has 0 aliphatic heterocycles. The molecule has 0 amide bonds. The molecule has 4 aliphatic carbocycles. The van der Waals surface area contributed by atoms with E-state index in [9.17, 15) is 13.2 Å². The Morgan fingerprint density at radius 2 is 1.50 bits per heavy atom. The molecular formula is C19H24F3NO. The van der Waals surface area contributed by atoms with Gasteiger partial charge in [0, 0.05) is 12.2 Å². The first kappa shape index (κ1) is 16.2. The Labute approximate surface area is 140 Å². The maximum absolute atomic E-state index is 12.5. The number of halogens is 3. The van der Waals surface area contributed by atoms with Crippen LogP contribution in [-0.4, -0.2) is 18.8 Å². The molecule has 0 spiro atoms. The van der Waals surface area contributed by atoms with E-state index in [4.69, 9.17) is 4.74 Å². The minimum atomic E-state index is -4.28. The molecule has 0 aromatic heterocycles. The smallest absolute Gasteiger partial charge is 0.383 e. The molecule has 5 rings (SSSR count). The zero-order chi connectivity index (χ0) is 16.8. The van der Waals surface area contributed by atoms with Gasteiger partial charge < -0.3 is 10.1 Å². The summed E-state index contributed by atoms with van der Waals surface area (Å²) in [6.45, 7) is 1.25. The van der Waals surface area contributed by atoms with Crippen molar-refractivity contribution < 1.29 is 17.9 Å². The Balaban J connectivity index is 1.26. The van der Waals surface area contributed by atoms with Crippen LogP contribution in [0.2, 0.25) is 0 Å². The second-order valence-corrected chi connectivity index (χ2v) is 7.95. The fraction of sp³-hybridized carbons (Fsp3) is 0.684. The lowest BCUT2D eigenvalue weighted by molar-refractivity contribution is -0.159. The number of anilines is 1. The van der Waals surface area contributed by atoms with Gasteiger partial charge in [-0.1, -0.05) is 0 Å². The fourth-order valence-electron chi connectivity index (χ4n) is 5.45. The predicted octanol–water partition coefficient (Wildman–Crippen LogP) is 5.10. The highest BCUT2D eigenvalue weighted by Gasteiger charge is 2.51. The van der Waals surface area contributed by atoms with Gasteiger partial charge in [0.2, 0.25) is 0 Å². The second-order valence-electron chi connectivity index (χ2n) is 7.95. The maximum Gasteiger partial charge on any atom is 0.416 e. The van der Waals surface area contributed by atoms with Crippen LogP contribution in [0.5, 0.6) is 0 Å². The van der Waals surface area contributed by atoms with Gasteiger partial charge in [-0.2, -0.15) is 13.2 Å². The molecule has 0 heterocycles. The molecule has 4 bridgehead atoms. The Kier molecular flexibility index (Phi) is 4.02. The molecule has 132 valence electrons. The average molecular weight is 339 g/mol. The van der Waals surface area contributed by atoms with E-state index in [-0.39, 0.29) is 5.60 Å². The molecule has 1 N–H and O–H groups in total. The van der Waals surface area contributed by atoms with Gasteiger partial charge in [-0.25, -0.2) is 0 Å². The van der Waals surface area contributed by atoms with Crippen LogP contribution in [0, 0.1) is 17.8 Å². The van der Waals surface area contributed by atoms with Crippen molar-refractivity contribution in [2.45, 2.75) is 50.3 Å². The molecule has 4 aliphatic rings. The number of ether oxygens (including phenoxy) is 1. The Morgan fingerprint density at radius 3 is 2.00 bits per heavy atom. The van der Waals surface area contributed by atoms with E-state index in [1.54, 1.807) is 0 Å². The highest BCUT2D eigenvalue weighted by atomic mass is 19.4. The van der Waals surface area contributed by atoms with Crippen LogP contribution in [-0.2, 0) is 10.9 Å². The maximum atomic E-state index is 12.5. The lowest BCUT2D eigenvalue weighted by atomic mass is 9.54. The van der Waals surface area contributed by atoms with Crippen molar-refractivity contribution in [1.82, 2.24) is 0 Å². The monoisotopic (exact) mass is 339 g/mol. The number of rotatable bonds is 5. The van der Waals surface area contributed by atoms with Gasteiger partial charge in [0.05, 0.1) is 17.8 Å². The average Bonchev–Trinajstić information content (AvgIpc) is 2.50. The Hall–Kier alpha value is -1.23. The zero-order valence-corrected chi connectivity index (χ0v) is 13.7. The lowest BCUT2D eigenvalue weighted by Crippen LogP contribution is -2.52. The Bertz CT molecular complexity index is 546. The number of benzene rings is 1. The van der Waals surface area contributed by atoms with Gasteiger partial charge in [-0.3, -0.25) is 0 Å². The first-order chi connectivity index (χ1) is 11.4. The fourth-order valence-corrected chi connectivity index (χ4v) is 5.45. The number of nitrogens with one attached hydrogen (secondary N) is 1. The minimum absolute atomic E-state index is 0.0938. The highest BCUT2D eigenvalue weighted by Crippen LogP contribution is 2.57. The molecule has 1 aromatic carbocycles. The number of hydrogen-bond acceptors (Lipinski definition) is 2. The highest BCUT2D eigenvalue weighted by molar-refractivity contribution is 5.45. The van der Waals surface area contributed by atoms with Crippen molar-refractivity contribution >= 4 is 5.69 Å². The van der Waals surface area contributed by atoms with Crippen LogP contribution in [0.15, 0.2) is 24.3 Å². The van der Waals surface area contributed by atoms with Crippen LogP contribution >= 0.6 is 0 Å². The topological polar surface area (TPSA) is 21.3 Å². The van der Waals surface area contributed by atoms with Gasteiger partial charge in [0.15, 0.2) is 0 Å². The third-order valence-electron chi connectivity index (χ3n) is 6.03. The summed E-state index contributed by atoms with van der Waals surface area (Å²) in [5.74, 6) is 2.58. The van der Waals surface area contributed by atoms with Crippen molar-refractivity contribution in [3.63, 3.8) is 0 Å². The third-order valence-corrected chi connectivity index (χ3v) is 6.03. The van der Waals surface area contributed by atoms with Crippen LogP contribution in [0.3, 0.4) is 0 Å². The predicted molar refractivity (Wildman–Crippen MR) is 86.8 cm³/mol. The first-order valence-corrected chi connectivity index (χ1v) is 8.97. The number of hydrogen-bond donors (Lipinski definition) is 1. The van der Waals surface area contributed by atoms with Crippen molar-refractivity contribution in [2.24, 2.45) is 17.8 Å². The quantitative estimate of drug-likeness (QED) is 0.753. The first-order valence-electron chi connectivity index (χ1n) is 8.97. The molecule has 0 saturated heterocycles. The van der Waals surface area contributed by atoms with E-state index in [1.807, 2.05) is 0 Å². The summed E-state index contributed by atoms with van der Waals surface area (Å²) in [7, 11) is 0. The Morgan fingerprint density at radius 1 is 0.958 bits per heavy atom. The van der Waals surface area contributed by atoms with E-state index in [0.29, 0.717) is 18.8 Å². The van der Waals surface area contributed by atoms with E-state index >= 15 is 0 Å². The molecule has 24 heavy (non-hydrogen) atoms. The summed E-state index contributed by atoms with van der Waals surface area (Å²) in [6.07, 6.45) is 3.53. The molecule has 4 fully saturated rings. The van der Waals surface area contributed by atoms with Gasteiger partial charge in [0.1, 0.15) is 0 Å². The summed E-state index contributed by atoms with van der Waals surface area (Å²) in [4.78, 5) is 0. The molecule has 5 heteroatoms. The van der Waals surface area contributed by atoms with E-state index < -0.39 is 11.7 Å². The van der Waals surface area contributed by atoms with E-state index in [2.05, 4.69) is 5.32 Å². The molecule has 1 aromatic rings. The SMILES string of the molecule is FC(F)(F)c1ccc(NCCOC23CC4CC(CC(C4)C2)C3)cc1. The van der Waals surface area contributed by atoms with Crippen LogP contribution in [0.1, 0.15) is 44.1 Å². The van der Waals surface area contributed by atoms with E-state index in [0.717, 1.165) is 29.9 Å². The summed E-state index contributed by atoms with van der Waals surface area (Å²) < 4.78 is 43.9. The van der Waals surface area contributed by atoms with Crippen molar-refractivity contribution in [3.05, 3.63) is 29.8 Å². The molecule has 0 unspecified atom stereocenters. The summed E-state index contributed by atoms with van der Waals surface area (Å²) >= 11 is 0. The third kappa shape index (κ3) is 3.28. The van der Waals surface area contributed by atoms with Crippen LogP contribution in [0.25, 0.3) is 0 Å². The van der Waals surface area contributed by atoms with Gasteiger partial charge >= 0.3 is 6.18 Å². The van der Waals surface area contributed by atoms with Gasteiger partial charge in [0.25, 0.3) is 0 Å². The zero-order valence-electron chi connectivity index (χ0n) is 13.7. The van der Waals surface area contributed by atoms with Crippen molar-refractivity contribution in [2.75, 3.05) is 18.5 Å². The standard InChI is InChI=1S/C19H24F3NO/c20-19(21,22)16-1-3-17(4-2-16)23-5-6-24-18-10-13-7-14(11-18)9-15(8-13)12-18/h1-4,13-15,23H,5-12H2. The summed E-state index contributed by atoms with van der Waals surface area (Å²) in [5, 5.41) is 3.16. The van der Waals surface area contributed by atoms with E-state index in [1.165, 1.54) is 50.7 Å². The van der Waals surface area contributed by atoms with Crippen molar-refractivity contribution in [1.29, 1.82) is 0 Å². The molecular weight excluding hydrogens is 315 g/mol. The summed E-state index contributed by atoms with van der Waals surface area (Å²) in [5.41, 5.74) is 0.186. The molecule has 2 nitrogen and oxygen atoms in total.